The Kier molecular flexibility index (Phi) is 3.34. The van der Waals surface area contributed by atoms with Crippen molar-refractivity contribution in [2.24, 2.45) is 5.41 Å². The quantitative estimate of drug-likeness (QED) is 0.780. The van der Waals surface area contributed by atoms with Crippen LogP contribution in [0, 0.1) is 12.3 Å². The van der Waals surface area contributed by atoms with Crippen molar-refractivity contribution in [1.82, 2.24) is 4.90 Å². The van der Waals surface area contributed by atoms with Crippen LogP contribution in [0.2, 0.25) is 0 Å². The molecule has 2 heteroatoms. The number of carbonyl (C=O) groups is 1. The number of benzene rings is 1. The van der Waals surface area contributed by atoms with Gasteiger partial charge in [-0.15, -0.1) is 0 Å². The highest BCUT2D eigenvalue weighted by Crippen LogP contribution is 2.26. The van der Waals surface area contributed by atoms with Crippen LogP contribution in [0.4, 0.5) is 0 Å². The summed E-state index contributed by atoms with van der Waals surface area (Å²) >= 11 is 0. The molecular formula is C15H21NO. The summed E-state index contributed by atoms with van der Waals surface area (Å²) in [5.74, 6) is 0.401. The van der Waals surface area contributed by atoms with Gasteiger partial charge in [-0.1, -0.05) is 43.7 Å². The molecule has 1 aliphatic heterocycles. The molecule has 0 spiro atoms. The van der Waals surface area contributed by atoms with Crippen LogP contribution >= 0.6 is 0 Å². The molecule has 2 nitrogen and oxygen atoms in total. The minimum atomic E-state index is -0.178. The van der Waals surface area contributed by atoms with Gasteiger partial charge < -0.3 is 0 Å². The van der Waals surface area contributed by atoms with E-state index in [0.29, 0.717) is 12.2 Å². The Bertz CT molecular complexity index is 423. The Morgan fingerprint density at radius 2 is 2.12 bits per heavy atom. The van der Waals surface area contributed by atoms with E-state index in [1.807, 2.05) is 0 Å². The summed E-state index contributed by atoms with van der Waals surface area (Å²) in [6, 6.07) is 8.61. The lowest BCUT2D eigenvalue weighted by Gasteiger charge is -2.36. The van der Waals surface area contributed by atoms with Gasteiger partial charge in [0.25, 0.3) is 0 Å². The van der Waals surface area contributed by atoms with E-state index in [0.717, 1.165) is 19.6 Å². The second kappa shape index (κ2) is 4.61. The van der Waals surface area contributed by atoms with Crippen LogP contribution in [-0.4, -0.2) is 23.8 Å². The van der Waals surface area contributed by atoms with Crippen LogP contribution in [0.3, 0.4) is 0 Å². The molecule has 92 valence electrons. The number of aryl methyl sites for hydroxylation is 1. The first-order valence-electron chi connectivity index (χ1n) is 6.28. The van der Waals surface area contributed by atoms with Gasteiger partial charge in [-0.3, -0.25) is 9.69 Å². The second-order valence-electron chi connectivity index (χ2n) is 5.76. The summed E-state index contributed by atoms with van der Waals surface area (Å²) in [5, 5.41) is 0. The molecule has 0 aliphatic carbocycles. The predicted octanol–water partition coefficient (Wildman–Crippen LogP) is 2.80. The Morgan fingerprint density at radius 1 is 1.35 bits per heavy atom. The third-order valence-electron chi connectivity index (χ3n) is 3.52. The fraction of sp³-hybridized carbons (Fsp3) is 0.533. The summed E-state index contributed by atoms with van der Waals surface area (Å²) in [6.45, 7) is 8.96. The lowest BCUT2D eigenvalue weighted by atomic mass is 9.82. The van der Waals surface area contributed by atoms with Crippen LogP contribution in [0.15, 0.2) is 24.3 Å². The minimum Gasteiger partial charge on any atom is -0.299 e. The van der Waals surface area contributed by atoms with Crippen molar-refractivity contribution in [2.45, 2.75) is 33.7 Å². The summed E-state index contributed by atoms with van der Waals surface area (Å²) in [7, 11) is 0. The highest BCUT2D eigenvalue weighted by atomic mass is 16.1. The lowest BCUT2D eigenvalue weighted by Crippen LogP contribution is -2.45. The second-order valence-corrected chi connectivity index (χ2v) is 5.76. The molecule has 1 fully saturated rings. The van der Waals surface area contributed by atoms with E-state index in [2.05, 4.69) is 49.9 Å². The highest BCUT2D eigenvalue weighted by molar-refractivity contribution is 5.85. The van der Waals surface area contributed by atoms with Crippen molar-refractivity contribution in [3.05, 3.63) is 35.4 Å². The van der Waals surface area contributed by atoms with Gasteiger partial charge in [-0.05, 0) is 12.5 Å². The van der Waals surface area contributed by atoms with Crippen molar-refractivity contribution >= 4 is 5.78 Å². The molecule has 1 aromatic carbocycles. The molecule has 2 rings (SSSR count). The van der Waals surface area contributed by atoms with Crippen LogP contribution in [0.5, 0.6) is 0 Å². The van der Waals surface area contributed by atoms with E-state index in [1.165, 1.54) is 11.1 Å². The van der Waals surface area contributed by atoms with Crippen LogP contribution in [0.1, 0.15) is 31.4 Å². The first-order chi connectivity index (χ1) is 7.97. The molecule has 0 amide bonds. The Hall–Kier alpha value is -1.15. The van der Waals surface area contributed by atoms with Crippen LogP contribution in [0.25, 0.3) is 0 Å². The Balaban J connectivity index is 2.03. The molecule has 0 radical (unpaired) electrons. The van der Waals surface area contributed by atoms with Crippen LogP contribution in [-0.2, 0) is 11.3 Å². The van der Waals surface area contributed by atoms with Gasteiger partial charge >= 0.3 is 0 Å². The number of hydrogen-bond donors (Lipinski definition) is 0. The van der Waals surface area contributed by atoms with Crippen molar-refractivity contribution in [3.63, 3.8) is 0 Å². The zero-order valence-corrected chi connectivity index (χ0v) is 11.0. The fourth-order valence-corrected chi connectivity index (χ4v) is 2.53. The average molecular weight is 231 g/mol. The molecule has 0 bridgehead atoms. The zero-order chi connectivity index (χ0) is 12.5. The van der Waals surface area contributed by atoms with E-state index in [9.17, 15) is 4.79 Å². The molecule has 0 N–H and O–H groups in total. The average Bonchev–Trinajstić information content (AvgIpc) is 2.23. The third kappa shape index (κ3) is 2.95. The lowest BCUT2D eigenvalue weighted by molar-refractivity contribution is -0.131. The van der Waals surface area contributed by atoms with Gasteiger partial charge in [-0.2, -0.15) is 0 Å². The molecule has 0 aromatic heterocycles. The first kappa shape index (κ1) is 12.3. The van der Waals surface area contributed by atoms with E-state index < -0.39 is 0 Å². The number of ketones is 1. The van der Waals surface area contributed by atoms with E-state index in [4.69, 9.17) is 0 Å². The van der Waals surface area contributed by atoms with Crippen molar-refractivity contribution < 1.29 is 4.79 Å². The molecule has 1 saturated heterocycles. The van der Waals surface area contributed by atoms with E-state index >= 15 is 0 Å². The Labute approximate surface area is 104 Å². The standard InChI is InChI=1S/C15H21NO/c1-12-5-4-6-13(9-12)10-16-8-7-14(17)15(2,3)11-16/h4-6,9H,7-8,10-11H2,1-3H3. The molecule has 0 saturated carbocycles. The summed E-state index contributed by atoms with van der Waals surface area (Å²) in [6.07, 6.45) is 0.693. The van der Waals surface area contributed by atoms with Gasteiger partial charge in [0.2, 0.25) is 0 Å². The van der Waals surface area contributed by atoms with E-state index in [-0.39, 0.29) is 5.41 Å². The molecule has 0 atom stereocenters. The number of rotatable bonds is 2. The van der Waals surface area contributed by atoms with Gasteiger partial charge in [0.15, 0.2) is 0 Å². The first-order valence-corrected chi connectivity index (χ1v) is 6.28. The largest absolute Gasteiger partial charge is 0.299 e. The number of hydrogen-bond acceptors (Lipinski definition) is 2. The van der Waals surface area contributed by atoms with Gasteiger partial charge in [0.1, 0.15) is 5.78 Å². The molecule has 1 heterocycles. The zero-order valence-electron chi connectivity index (χ0n) is 11.0. The van der Waals surface area contributed by atoms with Crippen LogP contribution < -0.4 is 0 Å². The number of piperidine rings is 1. The number of Topliss-reactive ketones (excluding diaryl/α,β-unsaturated/α-hetero) is 1. The number of carbonyl (C=O) groups excluding carboxylic acids is 1. The van der Waals surface area contributed by atoms with Gasteiger partial charge in [0, 0.05) is 31.5 Å². The molecule has 17 heavy (non-hydrogen) atoms. The molecular weight excluding hydrogens is 210 g/mol. The summed E-state index contributed by atoms with van der Waals surface area (Å²) in [5.41, 5.74) is 2.47. The minimum absolute atomic E-state index is 0.178. The third-order valence-corrected chi connectivity index (χ3v) is 3.52. The predicted molar refractivity (Wildman–Crippen MR) is 69.9 cm³/mol. The normalized spacial score (nSPS) is 20.5. The monoisotopic (exact) mass is 231 g/mol. The topological polar surface area (TPSA) is 20.3 Å². The van der Waals surface area contributed by atoms with Gasteiger partial charge in [-0.25, -0.2) is 0 Å². The number of likely N-dealkylation sites (tertiary alicyclic amines) is 1. The Morgan fingerprint density at radius 3 is 2.76 bits per heavy atom. The van der Waals surface area contributed by atoms with E-state index in [1.54, 1.807) is 0 Å². The number of nitrogens with zero attached hydrogens (tertiary/aromatic N) is 1. The van der Waals surface area contributed by atoms with Crippen molar-refractivity contribution in [3.8, 4) is 0 Å². The molecule has 1 aliphatic rings. The maximum Gasteiger partial charge on any atom is 0.141 e. The van der Waals surface area contributed by atoms with Gasteiger partial charge in [0.05, 0.1) is 0 Å². The smallest absolute Gasteiger partial charge is 0.141 e. The molecule has 1 aromatic rings. The summed E-state index contributed by atoms with van der Waals surface area (Å²) in [4.78, 5) is 14.1. The fourth-order valence-electron chi connectivity index (χ4n) is 2.53. The maximum absolute atomic E-state index is 11.7. The maximum atomic E-state index is 11.7. The SMILES string of the molecule is Cc1cccc(CN2CCC(=O)C(C)(C)C2)c1. The highest BCUT2D eigenvalue weighted by Gasteiger charge is 2.33. The van der Waals surface area contributed by atoms with Crippen molar-refractivity contribution in [1.29, 1.82) is 0 Å². The molecule has 0 unspecified atom stereocenters. The van der Waals surface area contributed by atoms with Crippen molar-refractivity contribution in [2.75, 3.05) is 13.1 Å². The summed E-state index contributed by atoms with van der Waals surface area (Å²) < 4.78 is 0.